The highest BCUT2D eigenvalue weighted by atomic mass is 16.5. The van der Waals surface area contributed by atoms with Gasteiger partial charge in [-0.25, -0.2) is 0 Å². The largest absolute Gasteiger partial charge is 0.385 e. The molecule has 1 aliphatic heterocycles. The van der Waals surface area contributed by atoms with Crippen molar-refractivity contribution in [2.75, 3.05) is 46.4 Å². The number of nitrogens with zero attached hydrogens (tertiary/aromatic N) is 4. The summed E-state index contributed by atoms with van der Waals surface area (Å²) < 4.78 is 7.13. The number of methoxy groups -OCH3 is 1. The maximum absolute atomic E-state index is 13.5. The number of hydrogen-bond acceptors (Lipinski definition) is 5. The molecule has 1 aromatic carbocycles. The van der Waals surface area contributed by atoms with Crippen molar-refractivity contribution in [2.45, 2.75) is 52.5 Å². The molecule has 2 aliphatic rings. The van der Waals surface area contributed by atoms with Crippen LogP contribution < -0.4 is 5.56 Å². The highest BCUT2D eigenvalue weighted by Gasteiger charge is 2.26. The second-order valence-electron chi connectivity index (χ2n) is 9.44. The first-order chi connectivity index (χ1) is 16.1. The normalized spacial score (nSPS) is 17.2. The highest BCUT2D eigenvalue weighted by molar-refractivity contribution is 6.07. The van der Waals surface area contributed by atoms with Gasteiger partial charge in [0.05, 0.1) is 28.7 Å². The fourth-order valence-electron chi connectivity index (χ4n) is 5.06. The van der Waals surface area contributed by atoms with Gasteiger partial charge in [0.15, 0.2) is 0 Å². The molecule has 34 heavy (non-hydrogen) atoms. The SMILES string of the molecule is C.COCCCCN1CCN(C(=O)c2cc3c(cc2C)[nH]c(=O)c2cnn(C4CCC4)c23)CC1. The molecule has 1 N–H and O–H groups in total. The van der Waals surface area contributed by atoms with Gasteiger partial charge in [0.25, 0.3) is 11.5 Å². The van der Waals surface area contributed by atoms with E-state index in [1.807, 2.05) is 28.6 Å². The number of H-pyrrole nitrogens is 1. The fraction of sp³-hybridized carbons (Fsp3) is 0.577. The molecule has 1 saturated carbocycles. The van der Waals surface area contributed by atoms with Crippen LogP contribution in [0, 0.1) is 6.92 Å². The Hall–Kier alpha value is -2.71. The minimum Gasteiger partial charge on any atom is -0.385 e. The van der Waals surface area contributed by atoms with Crippen molar-refractivity contribution in [3.05, 3.63) is 39.8 Å². The lowest BCUT2D eigenvalue weighted by molar-refractivity contribution is 0.0632. The number of aromatic amines is 1. The number of piperazine rings is 1. The smallest absolute Gasteiger partial charge is 0.259 e. The third-order valence-electron chi connectivity index (χ3n) is 7.29. The van der Waals surface area contributed by atoms with Crippen molar-refractivity contribution in [2.24, 2.45) is 0 Å². The predicted octanol–water partition coefficient (Wildman–Crippen LogP) is 3.73. The predicted molar refractivity (Wildman–Crippen MR) is 136 cm³/mol. The number of hydrogen-bond donors (Lipinski definition) is 1. The molecule has 2 aromatic heterocycles. The monoisotopic (exact) mass is 467 g/mol. The molecular formula is C26H37N5O3. The summed E-state index contributed by atoms with van der Waals surface area (Å²) in [7, 11) is 1.74. The van der Waals surface area contributed by atoms with Crippen molar-refractivity contribution in [1.82, 2.24) is 24.6 Å². The van der Waals surface area contributed by atoms with E-state index in [9.17, 15) is 9.59 Å². The molecule has 5 rings (SSSR count). The van der Waals surface area contributed by atoms with E-state index in [-0.39, 0.29) is 18.9 Å². The second kappa shape index (κ2) is 10.3. The lowest BCUT2D eigenvalue weighted by Gasteiger charge is -2.35. The first kappa shape index (κ1) is 24.4. The number of rotatable bonds is 7. The highest BCUT2D eigenvalue weighted by Crippen LogP contribution is 2.35. The van der Waals surface area contributed by atoms with Gasteiger partial charge in [0.2, 0.25) is 0 Å². The topological polar surface area (TPSA) is 83.5 Å². The summed E-state index contributed by atoms with van der Waals surface area (Å²) in [6.45, 7) is 7.08. The van der Waals surface area contributed by atoms with E-state index in [1.165, 1.54) is 6.42 Å². The van der Waals surface area contributed by atoms with Crippen molar-refractivity contribution < 1.29 is 9.53 Å². The number of benzene rings is 1. The average Bonchev–Trinajstić information content (AvgIpc) is 3.21. The molecule has 0 unspecified atom stereocenters. The summed E-state index contributed by atoms with van der Waals surface area (Å²) >= 11 is 0. The zero-order chi connectivity index (χ0) is 22.9. The van der Waals surface area contributed by atoms with Gasteiger partial charge in [-0.2, -0.15) is 5.10 Å². The zero-order valence-corrected chi connectivity index (χ0v) is 19.6. The second-order valence-corrected chi connectivity index (χ2v) is 9.44. The van der Waals surface area contributed by atoms with Gasteiger partial charge in [-0.1, -0.05) is 7.43 Å². The standard InChI is InChI=1S/C25H33N5O3.CH4/c1-17-14-22-20(23-21(24(31)27-22)16-26-30(23)18-6-5-7-18)15-19(17)25(32)29-11-9-28(10-12-29)8-3-4-13-33-2;/h14-16,18H,3-13H2,1-2H3,(H,27,31);1H4. The molecule has 3 aromatic rings. The summed E-state index contributed by atoms with van der Waals surface area (Å²) in [6, 6.07) is 4.25. The Morgan fingerprint density at radius 1 is 1.15 bits per heavy atom. The number of pyridine rings is 1. The van der Waals surface area contributed by atoms with Gasteiger partial charge in [-0.05, 0) is 63.3 Å². The van der Waals surface area contributed by atoms with Crippen LogP contribution in [0.5, 0.6) is 0 Å². The molecule has 1 aliphatic carbocycles. The van der Waals surface area contributed by atoms with E-state index in [1.54, 1.807) is 13.3 Å². The Labute approximate surface area is 200 Å². The molecule has 184 valence electrons. The molecule has 1 saturated heterocycles. The molecule has 0 atom stereocenters. The minimum absolute atomic E-state index is 0. The molecule has 0 radical (unpaired) electrons. The quantitative estimate of drug-likeness (QED) is 0.536. The van der Waals surface area contributed by atoms with Crippen LogP contribution in [-0.2, 0) is 4.74 Å². The first-order valence-corrected chi connectivity index (χ1v) is 12.1. The van der Waals surface area contributed by atoms with Gasteiger partial charge in [-0.3, -0.25) is 19.2 Å². The minimum atomic E-state index is -0.122. The number of unbranched alkanes of at least 4 members (excludes halogenated alkanes) is 1. The van der Waals surface area contributed by atoms with E-state index < -0.39 is 0 Å². The number of nitrogens with one attached hydrogen (secondary N) is 1. The van der Waals surface area contributed by atoms with Crippen molar-refractivity contribution in [1.29, 1.82) is 0 Å². The Kier molecular flexibility index (Phi) is 7.38. The van der Waals surface area contributed by atoms with Crippen LogP contribution in [-0.4, -0.2) is 76.9 Å². The maximum atomic E-state index is 13.5. The molecule has 0 bridgehead atoms. The van der Waals surface area contributed by atoms with E-state index >= 15 is 0 Å². The third-order valence-corrected chi connectivity index (χ3v) is 7.29. The van der Waals surface area contributed by atoms with Gasteiger partial charge >= 0.3 is 0 Å². The van der Waals surface area contributed by atoms with Crippen LogP contribution in [0.4, 0.5) is 0 Å². The van der Waals surface area contributed by atoms with Crippen LogP contribution in [0.3, 0.4) is 0 Å². The van der Waals surface area contributed by atoms with Crippen molar-refractivity contribution in [3.63, 3.8) is 0 Å². The summed E-state index contributed by atoms with van der Waals surface area (Å²) in [4.78, 5) is 33.5. The Balaban J connectivity index is 0.00000274. The number of carbonyl (C=O) groups is 1. The van der Waals surface area contributed by atoms with E-state index in [2.05, 4.69) is 15.0 Å². The molecule has 0 spiro atoms. The Morgan fingerprint density at radius 3 is 2.59 bits per heavy atom. The molecule has 8 heteroatoms. The number of aromatic nitrogens is 3. The van der Waals surface area contributed by atoms with Crippen LogP contribution in [0.2, 0.25) is 0 Å². The number of aryl methyl sites for hydroxylation is 1. The molecule has 1 amide bonds. The Morgan fingerprint density at radius 2 is 1.91 bits per heavy atom. The third kappa shape index (κ3) is 4.49. The molecule has 3 heterocycles. The van der Waals surface area contributed by atoms with Gasteiger partial charge in [0.1, 0.15) is 0 Å². The average molecular weight is 468 g/mol. The van der Waals surface area contributed by atoms with Crippen LogP contribution in [0.1, 0.15) is 61.5 Å². The maximum Gasteiger partial charge on any atom is 0.259 e. The van der Waals surface area contributed by atoms with Gasteiger partial charge in [-0.15, -0.1) is 0 Å². The number of carbonyl (C=O) groups excluding carboxylic acids is 1. The van der Waals surface area contributed by atoms with Crippen LogP contribution in [0.15, 0.2) is 23.1 Å². The molecular weight excluding hydrogens is 430 g/mol. The van der Waals surface area contributed by atoms with Crippen LogP contribution in [0.25, 0.3) is 21.8 Å². The lowest BCUT2D eigenvalue weighted by Crippen LogP contribution is -2.49. The van der Waals surface area contributed by atoms with Crippen LogP contribution >= 0.6 is 0 Å². The van der Waals surface area contributed by atoms with E-state index in [0.29, 0.717) is 17.0 Å². The van der Waals surface area contributed by atoms with E-state index in [0.717, 1.165) is 87.0 Å². The van der Waals surface area contributed by atoms with Gasteiger partial charge in [0, 0.05) is 50.8 Å². The first-order valence-electron chi connectivity index (χ1n) is 12.1. The fourth-order valence-corrected chi connectivity index (χ4v) is 5.06. The summed E-state index contributed by atoms with van der Waals surface area (Å²) in [5, 5.41) is 6.05. The van der Waals surface area contributed by atoms with Crippen molar-refractivity contribution >= 4 is 27.7 Å². The number of amides is 1. The molecule has 8 nitrogen and oxygen atoms in total. The number of fused-ring (bicyclic) bond motifs is 3. The lowest BCUT2D eigenvalue weighted by atomic mass is 9.93. The van der Waals surface area contributed by atoms with Crippen molar-refractivity contribution in [3.8, 4) is 0 Å². The molecule has 2 fully saturated rings. The van der Waals surface area contributed by atoms with E-state index in [4.69, 9.17) is 4.74 Å². The number of ether oxygens (including phenoxy) is 1. The zero-order valence-electron chi connectivity index (χ0n) is 19.6. The summed E-state index contributed by atoms with van der Waals surface area (Å²) in [5.41, 5.74) is 3.10. The Bertz CT molecular complexity index is 1220. The summed E-state index contributed by atoms with van der Waals surface area (Å²) in [5.74, 6) is 0.0718. The van der Waals surface area contributed by atoms with Gasteiger partial charge < -0.3 is 14.6 Å². The summed E-state index contributed by atoms with van der Waals surface area (Å²) in [6.07, 6.45) is 7.21.